The molecule has 0 aliphatic heterocycles. The number of hydrogen-bond acceptors (Lipinski definition) is 2. The standard InChI is InChI=1S/C14H12BrF2NO2/c1-9(11(15)3-2-6-18)20-8-14(19)10-4-5-12(16)13(17)7-10/h2-7,18H,8H2,1H3/p+1/b3-2-,11-9+,18-6?. The molecular formula is C14H13BrF2NO2+. The summed E-state index contributed by atoms with van der Waals surface area (Å²) in [5.74, 6) is -2.04. The van der Waals surface area contributed by atoms with Gasteiger partial charge in [0.25, 0.3) is 0 Å². The minimum absolute atomic E-state index is 0.0543. The number of Topliss-reactive ketones (excluding diaryl/α,β-unsaturated/α-hetero) is 1. The second-order valence-corrected chi connectivity index (χ2v) is 4.65. The first-order valence-corrected chi connectivity index (χ1v) is 6.44. The molecule has 3 nitrogen and oxygen atoms in total. The van der Waals surface area contributed by atoms with Crippen molar-refractivity contribution in [3.8, 4) is 0 Å². The highest BCUT2D eigenvalue weighted by Gasteiger charge is 2.11. The Hall–Kier alpha value is -1.82. The van der Waals surface area contributed by atoms with Crippen molar-refractivity contribution in [3.05, 3.63) is 57.8 Å². The number of ether oxygens (including phenoxy) is 1. The van der Waals surface area contributed by atoms with E-state index in [1.807, 2.05) is 0 Å². The highest BCUT2D eigenvalue weighted by atomic mass is 79.9. The zero-order valence-corrected chi connectivity index (χ0v) is 12.3. The maximum Gasteiger partial charge on any atom is 0.200 e. The van der Waals surface area contributed by atoms with Gasteiger partial charge in [-0.05, 0) is 47.1 Å². The molecule has 0 aliphatic rings. The molecule has 1 rings (SSSR count). The van der Waals surface area contributed by atoms with E-state index in [2.05, 4.69) is 15.9 Å². The zero-order chi connectivity index (χ0) is 15.1. The Morgan fingerprint density at radius 3 is 2.70 bits per heavy atom. The lowest BCUT2D eigenvalue weighted by molar-refractivity contribution is -0.104. The molecule has 0 amide bonds. The fourth-order valence-corrected chi connectivity index (χ4v) is 1.52. The van der Waals surface area contributed by atoms with E-state index in [0.29, 0.717) is 10.2 Å². The number of nitrogens with two attached hydrogens (primary N) is 1. The van der Waals surface area contributed by atoms with Crippen LogP contribution in [0.15, 0.2) is 40.6 Å². The fraction of sp³-hybridized carbons (Fsp3) is 0.143. The Bertz CT molecular complexity index is 583. The van der Waals surface area contributed by atoms with Crippen LogP contribution in [0.2, 0.25) is 0 Å². The van der Waals surface area contributed by atoms with Crippen LogP contribution in [-0.2, 0) is 4.74 Å². The van der Waals surface area contributed by atoms with Crippen molar-refractivity contribution in [2.75, 3.05) is 6.61 Å². The fourth-order valence-electron chi connectivity index (χ4n) is 1.25. The first-order valence-electron chi connectivity index (χ1n) is 5.64. The van der Waals surface area contributed by atoms with E-state index in [0.717, 1.165) is 12.1 Å². The third-order valence-electron chi connectivity index (χ3n) is 2.35. The molecule has 0 radical (unpaired) electrons. The van der Waals surface area contributed by atoms with Crippen LogP contribution < -0.4 is 5.41 Å². The summed E-state index contributed by atoms with van der Waals surface area (Å²) >= 11 is 3.24. The molecule has 0 heterocycles. The van der Waals surface area contributed by atoms with Gasteiger partial charge >= 0.3 is 0 Å². The molecular weight excluding hydrogens is 332 g/mol. The van der Waals surface area contributed by atoms with E-state index >= 15 is 0 Å². The number of hydrogen-bond donors (Lipinski definition) is 1. The molecule has 0 saturated heterocycles. The summed E-state index contributed by atoms with van der Waals surface area (Å²) in [5, 5.41) is 5.19. The van der Waals surface area contributed by atoms with Gasteiger partial charge in [-0.15, -0.1) is 0 Å². The third-order valence-corrected chi connectivity index (χ3v) is 3.17. The SMILES string of the molecule is C/C(OCC(=O)c1ccc(F)c(F)c1)=C(Br)/C=C\C=[NH2+]. The Balaban J connectivity index is 2.69. The Labute approximate surface area is 123 Å². The van der Waals surface area contributed by atoms with Crippen LogP contribution in [0.4, 0.5) is 8.78 Å². The predicted molar refractivity (Wildman–Crippen MR) is 75.4 cm³/mol. The summed E-state index contributed by atoms with van der Waals surface area (Å²) in [6.45, 7) is 1.38. The second-order valence-electron chi connectivity index (χ2n) is 3.80. The van der Waals surface area contributed by atoms with Gasteiger partial charge in [0.2, 0.25) is 0 Å². The lowest BCUT2D eigenvalue weighted by Gasteiger charge is -2.07. The molecule has 0 aromatic heterocycles. The molecule has 0 aliphatic carbocycles. The van der Waals surface area contributed by atoms with Gasteiger partial charge in [0.05, 0.1) is 4.48 Å². The molecule has 20 heavy (non-hydrogen) atoms. The van der Waals surface area contributed by atoms with Crippen LogP contribution in [0.25, 0.3) is 0 Å². The molecule has 2 N–H and O–H groups in total. The van der Waals surface area contributed by atoms with Gasteiger partial charge < -0.3 is 4.74 Å². The van der Waals surface area contributed by atoms with E-state index in [9.17, 15) is 13.6 Å². The van der Waals surface area contributed by atoms with Crippen LogP contribution in [0.1, 0.15) is 17.3 Å². The topological polar surface area (TPSA) is 51.9 Å². The van der Waals surface area contributed by atoms with E-state index in [1.165, 1.54) is 12.3 Å². The van der Waals surface area contributed by atoms with E-state index in [1.54, 1.807) is 19.1 Å². The van der Waals surface area contributed by atoms with Crippen molar-refractivity contribution in [2.24, 2.45) is 0 Å². The van der Waals surface area contributed by atoms with Crippen molar-refractivity contribution in [3.63, 3.8) is 0 Å². The van der Waals surface area contributed by atoms with Gasteiger partial charge in [0.1, 0.15) is 5.76 Å². The van der Waals surface area contributed by atoms with Gasteiger partial charge in [-0.1, -0.05) is 0 Å². The maximum atomic E-state index is 13.0. The first kappa shape index (κ1) is 16.2. The lowest BCUT2D eigenvalue weighted by atomic mass is 10.1. The predicted octanol–water partition coefficient (Wildman–Crippen LogP) is 2.18. The van der Waals surface area contributed by atoms with Crippen LogP contribution in [0, 0.1) is 11.6 Å². The Morgan fingerprint density at radius 1 is 1.40 bits per heavy atom. The molecule has 106 valence electrons. The molecule has 0 fully saturated rings. The number of benzene rings is 1. The summed E-state index contributed by atoms with van der Waals surface area (Å²) in [4.78, 5) is 11.8. The Kier molecular flexibility index (Phi) is 6.24. The number of halogens is 3. The molecule has 0 spiro atoms. The van der Waals surface area contributed by atoms with E-state index < -0.39 is 17.4 Å². The highest BCUT2D eigenvalue weighted by Crippen LogP contribution is 2.15. The third kappa shape index (κ3) is 4.70. The number of ketones is 1. The average Bonchev–Trinajstić information content (AvgIpc) is 2.44. The van der Waals surface area contributed by atoms with Gasteiger partial charge in [0.15, 0.2) is 30.2 Å². The quantitative estimate of drug-likeness (QED) is 0.372. The summed E-state index contributed by atoms with van der Waals surface area (Å²) in [7, 11) is 0. The summed E-state index contributed by atoms with van der Waals surface area (Å²) < 4.78 is 31.6. The number of allylic oxidation sites excluding steroid dienone is 4. The van der Waals surface area contributed by atoms with Crippen molar-refractivity contribution >= 4 is 27.9 Å². The van der Waals surface area contributed by atoms with Crippen molar-refractivity contribution < 1.29 is 23.7 Å². The van der Waals surface area contributed by atoms with E-state index in [4.69, 9.17) is 10.1 Å². The van der Waals surface area contributed by atoms with Crippen LogP contribution in [0.3, 0.4) is 0 Å². The number of rotatable bonds is 6. The molecule has 1 aromatic rings. The maximum absolute atomic E-state index is 13.0. The Morgan fingerprint density at radius 2 is 2.10 bits per heavy atom. The number of carbonyl (C=O) groups is 1. The van der Waals surface area contributed by atoms with Gasteiger partial charge in [-0.25, -0.2) is 8.78 Å². The summed E-state index contributed by atoms with van der Waals surface area (Å²) in [6, 6.07) is 2.96. The second kappa shape index (κ2) is 7.69. The molecule has 0 atom stereocenters. The molecule has 0 unspecified atom stereocenters. The lowest BCUT2D eigenvalue weighted by Crippen LogP contribution is -2.28. The molecule has 0 bridgehead atoms. The minimum Gasteiger partial charge on any atom is -0.489 e. The minimum atomic E-state index is -1.06. The van der Waals surface area contributed by atoms with E-state index in [-0.39, 0.29) is 12.2 Å². The zero-order valence-electron chi connectivity index (χ0n) is 10.7. The van der Waals surface area contributed by atoms with Gasteiger partial charge in [-0.2, -0.15) is 0 Å². The van der Waals surface area contributed by atoms with Crippen molar-refractivity contribution in [2.45, 2.75) is 6.92 Å². The molecule has 0 saturated carbocycles. The highest BCUT2D eigenvalue weighted by molar-refractivity contribution is 9.11. The normalized spacial score (nSPS) is 12.2. The molecule has 1 aromatic carbocycles. The smallest absolute Gasteiger partial charge is 0.200 e. The number of carbonyl (C=O) groups excluding carboxylic acids is 1. The molecule has 6 heteroatoms. The van der Waals surface area contributed by atoms with Gasteiger partial charge in [-0.3, -0.25) is 10.2 Å². The van der Waals surface area contributed by atoms with Crippen LogP contribution in [-0.4, -0.2) is 18.6 Å². The van der Waals surface area contributed by atoms with Crippen molar-refractivity contribution in [1.82, 2.24) is 0 Å². The van der Waals surface area contributed by atoms with Gasteiger partial charge in [0, 0.05) is 11.6 Å². The summed E-state index contributed by atoms with van der Waals surface area (Å²) in [6.07, 6.45) is 4.59. The average molecular weight is 345 g/mol. The monoisotopic (exact) mass is 344 g/mol. The van der Waals surface area contributed by atoms with Crippen LogP contribution in [0.5, 0.6) is 0 Å². The van der Waals surface area contributed by atoms with Crippen LogP contribution >= 0.6 is 15.9 Å². The first-order chi connectivity index (χ1) is 9.45. The largest absolute Gasteiger partial charge is 0.489 e. The summed E-state index contributed by atoms with van der Waals surface area (Å²) in [5.41, 5.74) is 0.0543. The van der Waals surface area contributed by atoms with Crippen molar-refractivity contribution in [1.29, 1.82) is 0 Å².